The first-order valence-electron chi connectivity index (χ1n) is 2.77. The van der Waals surface area contributed by atoms with Gasteiger partial charge >= 0.3 is 91.6 Å². The molecule has 0 aliphatic carbocycles. The summed E-state index contributed by atoms with van der Waals surface area (Å²) >= 11 is 7.47. The van der Waals surface area contributed by atoms with Gasteiger partial charge < -0.3 is 0 Å². The molecule has 0 heterocycles. The fourth-order valence-corrected chi connectivity index (χ4v) is 7.09. The van der Waals surface area contributed by atoms with Crippen LogP contribution in [-0.4, -0.2) is 6.61 Å². The summed E-state index contributed by atoms with van der Waals surface area (Å²) in [7, 11) is -2.03. The maximum atomic E-state index is 5.65. The zero-order valence-corrected chi connectivity index (χ0v) is 15.2. The van der Waals surface area contributed by atoms with E-state index >= 15 is 0 Å². The van der Waals surface area contributed by atoms with Gasteiger partial charge in [-0.3, -0.25) is 0 Å². The number of rotatable bonds is 4. The first-order valence-corrected chi connectivity index (χ1v) is 34.8. The third-order valence-corrected chi connectivity index (χ3v) is 10.3. The first kappa shape index (κ1) is 12.0. The molecule has 0 aromatic carbocycles. The molecule has 0 aromatic rings. The summed E-state index contributed by atoms with van der Waals surface area (Å²) in [4.78, 5) is 0. The van der Waals surface area contributed by atoms with Gasteiger partial charge in [0.2, 0.25) is 0 Å². The topological polar surface area (TPSA) is 9.23 Å². The Morgan fingerprint density at radius 2 is 1.89 bits per heavy atom. The van der Waals surface area contributed by atoms with E-state index in [1.807, 2.05) is 0 Å². The third kappa shape index (κ3) is 11.0. The van der Waals surface area contributed by atoms with Gasteiger partial charge in [-0.25, -0.2) is 0 Å². The Hall–Kier alpha value is 3.02. The van der Waals surface area contributed by atoms with Gasteiger partial charge in [0.1, 0.15) is 0 Å². The Morgan fingerprint density at radius 1 is 1.33 bits per heavy atom. The third-order valence-electron chi connectivity index (χ3n) is 0.764. The molecule has 0 aromatic heterocycles. The predicted molar refractivity (Wildman–Crippen MR) is 62.9 cm³/mol. The van der Waals surface area contributed by atoms with Gasteiger partial charge in [0.15, 0.2) is 0 Å². The SMILES string of the molecule is CCCC[O][Hf]([I])([I])[I]. The molecular formula is C4H9HfI3O. The van der Waals surface area contributed by atoms with Gasteiger partial charge in [0, 0.05) is 0 Å². The van der Waals surface area contributed by atoms with Crippen LogP contribution in [0.3, 0.4) is 0 Å². The first-order chi connectivity index (χ1) is 4.06. The fourth-order valence-electron chi connectivity index (χ4n) is 0.332. The van der Waals surface area contributed by atoms with Gasteiger partial charge in [0.05, 0.1) is 0 Å². The van der Waals surface area contributed by atoms with Crippen LogP contribution in [0, 0.1) is 0 Å². The van der Waals surface area contributed by atoms with E-state index in [9.17, 15) is 0 Å². The van der Waals surface area contributed by atoms with Crippen LogP contribution < -0.4 is 0 Å². The van der Waals surface area contributed by atoms with Gasteiger partial charge in [0.25, 0.3) is 0 Å². The van der Waals surface area contributed by atoms with E-state index in [-0.39, 0.29) is 0 Å². The second-order valence-electron chi connectivity index (χ2n) is 1.65. The molecule has 0 bridgehead atoms. The molecule has 0 rings (SSSR count). The van der Waals surface area contributed by atoms with Crippen LogP contribution in [0.5, 0.6) is 0 Å². The molecule has 0 fully saturated rings. The van der Waals surface area contributed by atoms with E-state index in [4.69, 9.17) is 2.85 Å². The Morgan fingerprint density at radius 3 is 2.22 bits per heavy atom. The minimum atomic E-state index is -2.03. The molecule has 0 N–H and O–H groups in total. The number of unbranched alkanes of at least 4 members (excludes halogenated alkanes) is 1. The zero-order valence-electron chi connectivity index (χ0n) is 5.16. The van der Waals surface area contributed by atoms with E-state index in [1.54, 1.807) is 0 Å². The Bertz CT molecular complexity index is 72.7. The van der Waals surface area contributed by atoms with Crippen LogP contribution in [0.25, 0.3) is 0 Å². The molecule has 5 heteroatoms. The molecule has 0 unspecified atom stereocenters. The van der Waals surface area contributed by atoms with Crippen molar-refractivity contribution in [1.82, 2.24) is 0 Å². The molecule has 0 aliphatic heterocycles. The average Bonchev–Trinajstić information content (AvgIpc) is 1.63. The fraction of sp³-hybridized carbons (Fsp3) is 1.00. The van der Waals surface area contributed by atoms with Gasteiger partial charge in [-0.05, 0) is 0 Å². The maximum absolute atomic E-state index is 5.65. The molecule has 0 spiro atoms. The van der Waals surface area contributed by atoms with Crippen molar-refractivity contribution < 1.29 is 10.8 Å². The summed E-state index contributed by atoms with van der Waals surface area (Å²) in [5.41, 5.74) is 0. The zero-order chi connectivity index (χ0) is 7.33. The molecule has 0 saturated carbocycles. The normalized spacial score (nSPS) is 12.0. The van der Waals surface area contributed by atoms with Crippen LogP contribution in [0.1, 0.15) is 19.8 Å². The van der Waals surface area contributed by atoms with E-state index in [2.05, 4.69) is 61.3 Å². The van der Waals surface area contributed by atoms with E-state index in [1.165, 1.54) is 12.8 Å². The standard InChI is InChI=1S/C4H9O.Hf.3HI/c1-2-3-4-5;;;;/h2-4H2,1H3;;3*1H/q-1;+4;;;/p-3. The monoisotopic (exact) mass is 634 g/mol. The molecule has 1 nitrogen and oxygen atoms in total. The average molecular weight is 632 g/mol. The Balaban J connectivity index is 3.07. The van der Waals surface area contributed by atoms with Gasteiger partial charge in [-0.15, -0.1) is 0 Å². The molecule has 0 atom stereocenters. The van der Waals surface area contributed by atoms with Crippen molar-refractivity contribution in [3.8, 4) is 0 Å². The van der Waals surface area contributed by atoms with E-state index in [0.717, 1.165) is 6.61 Å². The molecule has 0 aliphatic rings. The van der Waals surface area contributed by atoms with Crippen molar-refractivity contribution in [2.45, 2.75) is 19.8 Å². The molecule has 9 heavy (non-hydrogen) atoms. The molecule has 56 valence electrons. The molecule has 0 saturated heterocycles. The number of halogens is 3. The quantitative estimate of drug-likeness (QED) is 0.260. The second kappa shape index (κ2) is 6.53. The van der Waals surface area contributed by atoms with Crippen molar-refractivity contribution in [3.63, 3.8) is 0 Å². The van der Waals surface area contributed by atoms with Crippen molar-refractivity contribution >= 4 is 54.4 Å². The van der Waals surface area contributed by atoms with Crippen LogP contribution in [0.15, 0.2) is 0 Å². The summed E-state index contributed by atoms with van der Waals surface area (Å²) in [6.45, 7) is 3.17. The van der Waals surface area contributed by atoms with Crippen LogP contribution in [0.2, 0.25) is 0 Å². The van der Waals surface area contributed by atoms with E-state index in [0.29, 0.717) is 0 Å². The van der Waals surface area contributed by atoms with Gasteiger partial charge in [-0.2, -0.15) is 0 Å². The molecule has 0 amide bonds. The summed E-state index contributed by atoms with van der Waals surface area (Å²) in [5.74, 6) is 0. The Kier molecular flexibility index (Phi) is 8.72. The van der Waals surface area contributed by atoms with Crippen LogP contribution in [-0.2, 0) is 10.8 Å². The minimum absolute atomic E-state index is 0.979. The van der Waals surface area contributed by atoms with Crippen LogP contribution in [0.4, 0.5) is 0 Å². The molecule has 0 radical (unpaired) electrons. The van der Waals surface area contributed by atoms with Crippen molar-refractivity contribution in [3.05, 3.63) is 0 Å². The predicted octanol–water partition coefficient (Wildman–Crippen LogP) is 3.92. The van der Waals surface area contributed by atoms with Gasteiger partial charge in [-0.1, -0.05) is 0 Å². The summed E-state index contributed by atoms with van der Waals surface area (Å²) < 4.78 is 5.65. The summed E-state index contributed by atoms with van der Waals surface area (Å²) in [6, 6.07) is 0. The Labute approximate surface area is 89.3 Å². The summed E-state index contributed by atoms with van der Waals surface area (Å²) in [5, 5.41) is 0. The van der Waals surface area contributed by atoms with Crippen LogP contribution >= 0.6 is 54.4 Å². The molecular weight excluding hydrogens is 623 g/mol. The van der Waals surface area contributed by atoms with Crippen molar-refractivity contribution in [2.75, 3.05) is 6.61 Å². The van der Waals surface area contributed by atoms with Crippen molar-refractivity contribution in [1.29, 1.82) is 0 Å². The number of hydrogen-bond donors (Lipinski definition) is 0. The van der Waals surface area contributed by atoms with E-state index < -0.39 is 7.94 Å². The number of hydrogen-bond acceptors (Lipinski definition) is 1. The summed E-state index contributed by atoms with van der Waals surface area (Å²) in [6.07, 6.45) is 2.46. The van der Waals surface area contributed by atoms with Crippen molar-refractivity contribution in [2.24, 2.45) is 0 Å². The second-order valence-corrected chi connectivity index (χ2v) is 93.9.